The van der Waals surface area contributed by atoms with Crippen LogP contribution in [0.4, 0.5) is 10.5 Å². The molecule has 4 aromatic rings. The predicted molar refractivity (Wildman–Crippen MR) is 170 cm³/mol. The number of fused-ring (bicyclic) bond motifs is 1. The number of carbonyl (C=O) groups is 2. The van der Waals surface area contributed by atoms with Crippen molar-refractivity contribution in [1.82, 2.24) is 20.1 Å². The number of aryl methyl sites for hydroxylation is 1. The number of benzene rings is 3. The van der Waals surface area contributed by atoms with E-state index < -0.39 is 5.41 Å². The number of aromatic nitrogens is 1. The van der Waals surface area contributed by atoms with Gasteiger partial charge in [0.2, 0.25) is 5.91 Å². The smallest absolute Gasteiger partial charge is 0.319 e. The highest BCUT2D eigenvalue weighted by molar-refractivity contribution is 6.00. The Morgan fingerprint density at radius 1 is 0.929 bits per heavy atom. The molecule has 3 aromatic carbocycles. The number of amides is 3. The molecular weight excluding hydrogens is 522 g/mol. The molecule has 5 rings (SSSR count). The van der Waals surface area contributed by atoms with Crippen molar-refractivity contribution in [3.8, 4) is 0 Å². The highest BCUT2D eigenvalue weighted by Crippen LogP contribution is 2.38. The molecule has 0 saturated carbocycles. The summed E-state index contributed by atoms with van der Waals surface area (Å²) in [6.07, 6.45) is 1.51. The zero-order valence-corrected chi connectivity index (χ0v) is 24.8. The maximum Gasteiger partial charge on any atom is 0.319 e. The van der Waals surface area contributed by atoms with Gasteiger partial charge in [0.05, 0.1) is 11.2 Å². The third-order valence-corrected chi connectivity index (χ3v) is 8.45. The monoisotopic (exact) mass is 563 g/mol. The van der Waals surface area contributed by atoms with Crippen molar-refractivity contribution in [3.63, 3.8) is 0 Å². The van der Waals surface area contributed by atoms with Gasteiger partial charge in [0.1, 0.15) is 5.41 Å². The molecule has 0 radical (unpaired) electrons. The second-order valence-corrected chi connectivity index (χ2v) is 11.1. The number of nitrogens with zero attached hydrogens (tertiary/aromatic N) is 3. The summed E-state index contributed by atoms with van der Waals surface area (Å²) in [5.41, 5.74) is 3.71. The average Bonchev–Trinajstić information content (AvgIpc) is 3.46. The number of hydrogen-bond acceptors (Lipinski definition) is 4. The summed E-state index contributed by atoms with van der Waals surface area (Å²) < 4.78 is 0. The largest absolute Gasteiger partial charge is 0.342 e. The molecule has 3 amide bonds. The van der Waals surface area contributed by atoms with Crippen LogP contribution < -0.4 is 10.6 Å². The molecular formula is C35H41N5O2. The summed E-state index contributed by atoms with van der Waals surface area (Å²) in [6.45, 7) is 9.68. The molecule has 0 unspecified atom stereocenters. The molecule has 2 heterocycles. The molecule has 1 atom stereocenters. The minimum Gasteiger partial charge on any atom is -0.342 e. The number of hydrogen-bond donors (Lipinski definition) is 2. The third-order valence-electron chi connectivity index (χ3n) is 8.45. The molecule has 0 bridgehead atoms. The van der Waals surface area contributed by atoms with E-state index in [4.69, 9.17) is 0 Å². The Hall–Kier alpha value is -4.23. The summed E-state index contributed by atoms with van der Waals surface area (Å²) in [7, 11) is 0. The van der Waals surface area contributed by atoms with E-state index >= 15 is 0 Å². The first-order valence-electron chi connectivity index (χ1n) is 15.0. The summed E-state index contributed by atoms with van der Waals surface area (Å²) in [4.78, 5) is 36.3. The first-order valence-corrected chi connectivity index (χ1v) is 15.0. The molecule has 1 aliphatic rings. The van der Waals surface area contributed by atoms with Crippen LogP contribution in [0.15, 0.2) is 91.0 Å². The topological polar surface area (TPSA) is 77.6 Å². The average molecular weight is 564 g/mol. The third kappa shape index (κ3) is 6.16. The molecule has 1 fully saturated rings. The number of carbonyl (C=O) groups excluding carboxylic acids is 2. The highest BCUT2D eigenvalue weighted by Gasteiger charge is 2.44. The van der Waals surface area contributed by atoms with E-state index in [9.17, 15) is 9.59 Å². The normalized spacial score (nSPS) is 15.5. The van der Waals surface area contributed by atoms with Gasteiger partial charge in [-0.3, -0.25) is 9.78 Å². The lowest BCUT2D eigenvalue weighted by atomic mass is 9.70. The molecule has 42 heavy (non-hydrogen) atoms. The van der Waals surface area contributed by atoms with Crippen LogP contribution in [0.5, 0.6) is 0 Å². The van der Waals surface area contributed by atoms with Gasteiger partial charge < -0.3 is 20.4 Å². The van der Waals surface area contributed by atoms with Gasteiger partial charge in [0.25, 0.3) is 0 Å². The molecule has 1 saturated heterocycles. The van der Waals surface area contributed by atoms with Gasteiger partial charge in [-0.05, 0) is 63.4 Å². The van der Waals surface area contributed by atoms with Crippen LogP contribution in [0, 0.1) is 6.92 Å². The molecule has 1 aromatic heterocycles. The van der Waals surface area contributed by atoms with Crippen LogP contribution >= 0.6 is 0 Å². The van der Waals surface area contributed by atoms with Crippen LogP contribution in [-0.2, 0) is 10.2 Å². The Balaban J connectivity index is 1.31. The van der Waals surface area contributed by atoms with Crippen molar-refractivity contribution in [1.29, 1.82) is 0 Å². The van der Waals surface area contributed by atoms with Gasteiger partial charge >= 0.3 is 6.03 Å². The number of urea groups is 1. The summed E-state index contributed by atoms with van der Waals surface area (Å²) in [6, 6.07) is 29.9. The number of pyridine rings is 1. The fourth-order valence-corrected chi connectivity index (χ4v) is 6.27. The lowest BCUT2D eigenvalue weighted by molar-refractivity contribution is -0.136. The molecule has 2 N–H and O–H groups in total. The van der Waals surface area contributed by atoms with Crippen LogP contribution in [0.3, 0.4) is 0 Å². The molecule has 218 valence electrons. The van der Waals surface area contributed by atoms with E-state index in [2.05, 4.69) is 44.8 Å². The van der Waals surface area contributed by atoms with Gasteiger partial charge in [0.15, 0.2) is 0 Å². The summed E-state index contributed by atoms with van der Waals surface area (Å²) in [5.74, 6) is 0.137. The molecule has 0 spiro atoms. The fraction of sp³-hybridized carbons (Fsp3) is 0.343. The van der Waals surface area contributed by atoms with Gasteiger partial charge in [-0.15, -0.1) is 0 Å². The number of likely N-dealkylation sites (N-methyl/N-ethyl adjacent to an activating group) is 1. The minimum atomic E-state index is -0.794. The molecule has 7 nitrogen and oxygen atoms in total. The molecule has 0 aliphatic carbocycles. The van der Waals surface area contributed by atoms with Crippen molar-refractivity contribution in [3.05, 3.63) is 108 Å². The number of para-hydroxylation sites is 1. The van der Waals surface area contributed by atoms with Crippen LogP contribution in [0.2, 0.25) is 0 Å². The quantitative estimate of drug-likeness (QED) is 0.249. The number of anilines is 1. The SMILES string of the molecule is CCN(CC)C(=O)C(CCN1CC[C@H](NC(=O)Nc2cc(C)nc3ccccc23)C1)(c1ccccc1)c1ccccc1. The zero-order chi connectivity index (χ0) is 29.5. The second-order valence-electron chi connectivity index (χ2n) is 11.1. The second kappa shape index (κ2) is 13.2. The Labute approximate surface area is 248 Å². The van der Waals surface area contributed by atoms with E-state index in [0.717, 1.165) is 59.5 Å². The van der Waals surface area contributed by atoms with Gasteiger partial charge in [-0.25, -0.2) is 4.79 Å². The Bertz CT molecular complexity index is 1460. The fourth-order valence-electron chi connectivity index (χ4n) is 6.27. The Morgan fingerprint density at radius 2 is 1.55 bits per heavy atom. The standard InChI is InChI=1S/C35H41N5O2/c1-4-40(5-2)33(41)35(27-14-8-6-9-15-27,28-16-10-7-11-17-28)21-23-39-22-20-29(25-39)37-34(42)38-32-24-26(3)36-31-19-13-12-18-30(31)32/h6-19,24,29H,4-5,20-23,25H2,1-3H3,(H2,36,37,38,42)/t29-/m0/s1. The van der Waals surface area contributed by atoms with Crippen molar-refractivity contribution in [2.24, 2.45) is 0 Å². The lowest BCUT2D eigenvalue weighted by Gasteiger charge is -2.39. The van der Waals surface area contributed by atoms with E-state index in [1.54, 1.807) is 0 Å². The number of likely N-dealkylation sites (tertiary alicyclic amines) is 1. The van der Waals surface area contributed by atoms with E-state index in [0.29, 0.717) is 19.5 Å². The Kier molecular flexibility index (Phi) is 9.18. The van der Waals surface area contributed by atoms with Crippen molar-refractivity contribution < 1.29 is 9.59 Å². The van der Waals surface area contributed by atoms with Crippen LogP contribution in [0.1, 0.15) is 43.5 Å². The van der Waals surface area contributed by atoms with Gasteiger partial charge in [-0.2, -0.15) is 0 Å². The summed E-state index contributed by atoms with van der Waals surface area (Å²) in [5, 5.41) is 7.14. The van der Waals surface area contributed by atoms with Crippen LogP contribution in [0.25, 0.3) is 10.9 Å². The molecule has 1 aliphatic heterocycles. The van der Waals surface area contributed by atoms with Gasteiger partial charge in [0, 0.05) is 43.3 Å². The lowest BCUT2D eigenvalue weighted by Crippen LogP contribution is -2.49. The summed E-state index contributed by atoms with van der Waals surface area (Å²) >= 11 is 0. The van der Waals surface area contributed by atoms with Crippen molar-refractivity contribution in [2.75, 3.05) is 38.0 Å². The maximum absolute atomic E-state index is 14.4. The highest BCUT2D eigenvalue weighted by atomic mass is 16.2. The minimum absolute atomic E-state index is 0.0283. The molecule has 7 heteroatoms. The van der Waals surface area contributed by atoms with Gasteiger partial charge in [-0.1, -0.05) is 78.9 Å². The number of rotatable bonds is 10. The van der Waals surface area contributed by atoms with Crippen molar-refractivity contribution in [2.45, 2.75) is 45.1 Å². The van der Waals surface area contributed by atoms with E-state index in [1.165, 1.54) is 0 Å². The van der Waals surface area contributed by atoms with E-state index in [-0.39, 0.29) is 18.0 Å². The maximum atomic E-state index is 14.4. The van der Waals surface area contributed by atoms with E-state index in [1.807, 2.05) is 92.4 Å². The predicted octanol–water partition coefficient (Wildman–Crippen LogP) is 5.98. The number of nitrogens with one attached hydrogen (secondary N) is 2. The first-order chi connectivity index (χ1) is 20.4. The first kappa shape index (κ1) is 29.3. The Morgan fingerprint density at radius 3 is 2.19 bits per heavy atom. The zero-order valence-electron chi connectivity index (χ0n) is 24.8. The van der Waals surface area contributed by atoms with Crippen LogP contribution in [-0.4, -0.2) is 65.5 Å². The van der Waals surface area contributed by atoms with Crippen molar-refractivity contribution >= 4 is 28.5 Å².